The maximum Gasteiger partial charge on any atom is -0.0257 e. The summed E-state index contributed by atoms with van der Waals surface area (Å²) in [4.78, 5) is 0. The van der Waals surface area contributed by atoms with Crippen molar-refractivity contribution in [1.82, 2.24) is 0 Å². The largest absolute Gasteiger partial charge is 0.106 e. The normalized spacial score (nSPS) is 10.3. The molecule has 0 unspecified atom stereocenters. The molecule has 0 saturated carbocycles. The van der Waals surface area contributed by atoms with Crippen molar-refractivity contribution in [2.75, 3.05) is 0 Å². The summed E-state index contributed by atoms with van der Waals surface area (Å²) in [5, 5.41) is 0. The number of hydrogen-bond donors (Lipinski definition) is 0. The van der Waals surface area contributed by atoms with Crippen LogP contribution < -0.4 is 0 Å². The van der Waals surface area contributed by atoms with Gasteiger partial charge in [-0.2, -0.15) is 0 Å². The molecule has 22 heavy (non-hydrogen) atoms. The molecule has 116 valence electrons. The molecular formula is C22H28. The van der Waals surface area contributed by atoms with Crippen molar-refractivity contribution >= 4 is 6.08 Å². The highest BCUT2D eigenvalue weighted by atomic mass is 13.9. The molecule has 0 radical (unpaired) electrons. The van der Waals surface area contributed by atoms with Crippen LogP contribution in [0.3, 0.4) is 0 Å². The summed E-state index contributed by atoms with van der Waals surface area (Å²) in [6.07, 6.45) is 17.5. The second kappa shape index (κ2) is 18.4. The lowest BCUT2D eigenvalue weighted by Crippen LogP contribution is -1.67. The van der Waals surface area contributed by atoms with Gasteiger partial charge in [0.15, 0.2) is 0 Å². The van der Waals surface area contributed by atoms with Crippen LogP contribution >= 0.6 is 0 Å². The fourth-order valence-electron chi connectivity index (χ4n) is 1.16. The Balaban J connectivity index is 0. The van der Waals surface area contributed by atoms with Gasteiger partial charge < -0.3 is 0 Å². The van der Waals surface area contributed by atoms with E-state index in [1.54, 1.807) is 6.08 Å². The standard InChI is InChI=1S/C16H16.C4H8.C2H4/c1-3-4-10-15(2)11-8-9-14-16-12-6-5-7-13-16;1-3-4-2;1-2/h3-14H,1-2H2;3-4H,1-2H3;1-2H2/b10-4-,11-8+,14-9+;4-3-;. The summed E-state index contributed by atoms with van der Waals surface area (Å²) in [7, 11) is 0. The molecule has 0 N–H and O–H groups in total. The number of hydrogen-bond acceptors (Lipinski definition) is 0. The Morgan fingerprint density at radius 2 is 1.41 bits per heavy atom. The van der Waals surface area contributed by atoms with Crippen LogP contribution in [0.25, 0.3) is 6.08 Å². The monoisotopic (exact) mass is 292 g/mol. The van der Waals surface area contributed by atoms with Crippen LogP contribution in [0.2, 0.25) is 0 Å². The average molecular weight is 292 g/mol. The Morgan fingerprint density at radius 1 is 0.864 bits per heavy atom. The number of benzene rings is 1. The van der Waals surface area contributed by atoms with Crippen molar-refractivity contribution in [2.24, 2.45) is 0 Å². The van der Waals surface area contributed by atoms with Gasteiger partial charge in [0, 0.05) is 0 Å². The van der Waals surface area contributed by atoms with Gasteiger partial charge in [-0.05, 0) is 25.0 Å². The second-order valence-corrected chi connectivity index (χ2v) is 3.97. The lowest BCUT2D eigenvalue weighted by atomic mass is 10.2. The maximum atomic E-state index is 3.88. The Labute approximate surface area is 136 Å². The fraction of sp³-hybridized carbons (Fsp3) is 0.0909. The van der Waals surface area contributed by atoms with Crippen molar-refractivity contribution in [3.63, 3.8) is 0 Å². The average Bonchev–Trinajstić information content (AvgIpc) is 2.60. The molecule has 1 rings (SSSR count). The zero-order valence-electron chi connectivity index (χ0n) is 13.9. The van der Waals surface area contributed by atoms with Gasteiger partial charge in [-0.3, -0.25) is 0 Å². The molecule has 0 saturated heterocycles. The minimum absolute atomic E-state index is 0.956. The van der Waals surface area contributed by atoms with Crippen LogP contribution in [0.1, 0.15) is 19.4 Å². The Morgan fingerprint density at radius 3 is 1.91 bits per heavy atom. The topological polar surface area (TPSA) is 0 Å². The van der Waals surface area contributed by atoms with Crippen LogP contribution in [-0.2, 0) is 0 Å². The van der Waals surface area contributed by atoms with Crippen LogP contribution in [0, 0.1) is 0 Å². The Kier molecular flexibility index (Phi) is 18.1. The molecule has 1 aromatic carbocycles. The molecule has 0 aliphatic rings. The second-order valence-electron chi connectivity index (χ2n) is 3.97. The highest BCUT2D eigenvalue weighted by Gasteiger charge is 1.80. The molecule has 0 aliphatic heterocycles. The number of rotatable bonds is 5. The van der Waals surface area contributed by atoms with Crippen molar-refractivity contribution in [3.05, 3.63) is 116 Å². The van der Waals surface area contributed by atoms with E-state index < -0.39 is 0 Å². The molecule has 0 amide bonds. The van der Waals surface area contributed by atoms with E-state index in [2.05, 4.69) is 44.5 Å². The number of allylic oxidation sites excluding steroid dienone is 9. The molecule has 0 nitrogen and oxygen atoms in total. The molecule has 0 heteroatoms. The van der Waals surface area contributed by atoms with E-state index in [0.717, 1.165) is 5.57 Å². The molecule has 0 heterocycles. The van der Waals surface area contributed by atoms with Gasteiger partial charge in [-0.1, -0.05) is 98.2 Å². The summed E-state index contributed by atoms with van der Waals surface area (Å²) in [5.41, 5.74) is 2.15. The molecule has 0 atom stereocenters. The minimum Gasteiger partial charge on any atom is -0.106 e. The summed E-state index contributed by atoms with van der Waals surface area (Å²) in [6.45, 7) is 17.5. The van der Waals surface area contributed by atoms with E-state index in [0.29, 0.717) is 0 Å². The van der Waals surface area contributed by atoms with Crippen molar-refractivity contribution in [1.29, 1.82) is 0 Å². The third-order valence-electron chi connectivity index (χ3n) is 2.29. The third-order valence-corrected chi connectivity index (χ3v) is 2.29. The van der Waals surface area contributed by atoms with E-state index in [1.807, 2.05) is 74.6 Å². The first-order valence-electron chi connectivity index (χ1n) is 7.19. The predicted molar refractivity (Wildman–Crippen MR) is 105 cm³/mol. The molecule has 0 spiro atoms. The first-order chi connectivity index (χ1) is 10.7. The quantitative estimate of drug-likeness (QED) is 0.407. The van der Waals surface area contributed by atoms with Gasteiger partial charge in [-0.25, -0.2) is 0 Å². The molecule has 0 bridgehead atoms. The minimum atomic E-state index is 0.956. The lowest BCUT2D eigenvalue weighted by molar-refractivity contribution is 1.64. The van der Waals surface area contributed by atoms with Crippen molar-refractivity contribution in [2.45, 2.75) is 13.8 Å². The Bertz CT molecular complexity index is 492. The van der Waals surface area contributed by atoms with Crippen LogP contribution in [0.5, 0.6) is 0 Å². The lowest BCUT2D eigenvalue weighted by Gasteiger charge is -1.89. The van der Waals surface area contributed by atoms with Gasteiger partial charge >= 0.3 is 0 Å². The van der Waals surface area contributed by atoms with Crippen LogP contribution in [-0.4, -0.2) is 0 Å². The van der Waals surface area contributed by atoms with Gasteiger partial charge in [-0.15, -0.1) is 13.2 Å². The molecule has 0 aromatic heterocycles. The SMILES string of the molecule is C/C=C\C.C=C.C=C/C=C\C(=C)/C=C/C=C/c1ccccc1. The fourth-order valence-corrected chi connectivity index (χ4v) is 1.16. The molecule has 1 aromatic rings. The van der Waals surface area contributed by atoms with Crippen molar-refractivity contribution in [3.8, 4) is 0 Å². The van der Waals surface area contributed by atoms with E-state index in [9.17, 15) is 0 Å². The summed E-state index contributed by atoms with van der Waals surface area (Å²) in [6, 6.07) is 10.2. The van der Waals surface area contributed by atoms with E-state index in [4.69, 9.17) is 0 Å². The maximum absolute atomic E-state index is 3.88. The Hall–Kier alpha value is -2.60. The van der Waals surface area contributed by atoms with Crippen LogP contribution in [0.15, 0.2) is 111 Å². The highest BCUT2D eigenvalue weighted by Crippen LogP contribution is 2.02. The predicted octanol–water partition coefficient (Wildman–Crippen LogP) is 6.94. The summed E-state index contributed by atoms with van der Waals surface area (Å²) in [5.74, 6) is 0. The smallest absolute Gasteiger partial charge is 0.0257 e. The van der Waals surface area contributed by atoms with Gasteiger partial charge in [0.05, 0.1) is 0 Å². The first-order valence-corrected chi connectivity index (χ1v) is 7.19. The zero-order chi connectivity index (χ0) is 17.1. The molecule has 0 fully saturated rings. The summed E-state index contributed by atoms with van der Waals surface area (Å²) >= 11 is 0. The van der Waals surface area contributed by atoms with Crippen molar-refractivity contribution < 1.29 is 0 Å². The van der Waals surface area contributed by atoms with Crippen LogP contribution in [0.4, 0.5) is 0 Å². The first kappa shape index (κ1) is 21.7. The van der Waals surface area contributed by atoms with E-state index >= 15 is 0 Å². The van der Waals surface area contributed by atoms with Gasteiger partial charge in [0.1, 0.15) is 0 Å². The third kappa shape index (κ3) is 15.5. The highest BCUT2D eigenvalue weighted by molar-refractivity contribution is 5.51. The summed E-state index contributed by atoms with van der Waals surface area (Å²) < 4.78 is 0. The zero-order valence-corrected chi connectivity index (χ0v) is 13.9. The van der Waals surface area contributed by atoms with Gasteiger partial charge in [0.2, 0.25) is 0 Å². The van der Waals surface area contributed by atoms with E-state index in [1.165, 1.54) is 5.56 Å². The van der Waals surface area contributed by atoms with E-state index in [-0.39, 0.29) is 0 Å². The molecular weight excluding hydrogens is 264 g/mol. The molecule has 0 aliphatic carbocycles. The van der Waals surface area contributed by atoms with Gasteiger partial charge in [0.25, 0.3) is 0 Å².